The molecule has 0 spiro atoms. The summed E-state index contributed by atoms with van der Waals surface area (Å²) < 4.78 is 55.9. The number of rotatable bonds is 2. The van der Waals surface area contributed by atoms with Crippen LogP contribution < -0.4 is 9.92 Å². The third-order valence-electron chi connectivity index (χ3n) is 1.21. The van der Waals surface area contributed by atoms with Gasteiger partial charge in [-0.2, -0.15) is 11.3 Å². The minimum absolute atomic E-state index is 0.137. The Morgan fingerprint density at radius 3 is 2.08 bits per heavy atom. The highest BCUT2D eigenvalue weighted by molar-refractivity contribution is 7.91. The van der Waals surface area contributed by atoms with Crippen molar-refractivity contribution in [1.29, 1.82) is 0 Å². The topological polar surface area (TPSA) is 60.2 Å². The molecule has 1 rings (SSSR count). The molecule has 0 amide bonds. The summed E-state index contributed by atoms with van der Waals surface area (Å²) in [5.74, 6) is 0. The summed E-state index contributed by atoms with van der Waals surface area (Å²) in [6.07, 6.45) is 0. The molecule has 0 atom stereocenters. The smallest absolute Gasteiger partial charge is 0.444 e. The summed E-state index contributed by atoms with van der Waals surface area (Å²) in [7, 11) is -4.01. The summed E-state index contributed by atoms with van der Waals surface area (Å²) in [6, 6.07) is 1.56. The van der Waals surface area contributed by atoms with Gasteiger partial charge in [-0.25, -0.2) is 13.6 Å². The maximum absolute atomic E-state index is 12.0. The number of sulfonamides is 1. The first-order chi connectivity index (χ1) is 5.71. The van der Waals surface area contributed by atoms with E-state index in [9.17, 15) is 21.4 Å². The number of hydrogen-bond donors (Lipinski definition) is 1. The van der Waals surface area contributed by atoms with Crippen LogP contribution in [-0.4, -0.2) is 15.4 Å². The molecule has 0 radical (unpaired) electrons. The average Bonchev–Trinajstić information content (AvgIpc) is 2.28. The monoisotopic (exact) mass is 230 g/mol. The molecule has 1 aromatic rings. The van der Waals surface area contributed by atoms with E-state index < -0.39 is 26.0 Å². The predicted molar refractivity (Wildman–Crippen MR) is 44.4 cm³/mol. The Bertz CT molecular complexity index is 409. The lowest BCUT2D eigenvalue weighted by atomic mass is 9.90. The summed E-state index contributed by atoms with van der Waals surface area (Å²) in [6.45, 7) is -5.14. The van der Waals surface area contributed by atoms with E-state index in [0.29, 0.717) is 6.07 Å². The molecule has 0 aliphatic heterocycles. The summed E-state index contributed by atoms with van der Waals surface area (Å²) >= 11 is 0.137. The minimum Gasteiger partial charge on any atom is -0.444 e. The van der Waals surface area contributed by atoms with Gasteiger partial charge in [0.25, 0.3) is 0 Å². The van der Waals surface area contributed by atoms with Gasteiger partial charge in [-0.05, 0) is 6.07 Å². The van der Waals surface area contributed by atoms with Crippen molar-refractivity contribution in [3.8, 4) is 0 Å². The lowest BCUT2D eigenvalue weighted by Crippen LogP contribution is -2.30. The number of hydrogen-bond acceptors (Lipinski definition) is 3. The van der Waals surface area contributed by atoms with Gasteiger partial charge in [-0.3, -0.25) is 0 Å². The highest BCUT2D eigenvalue weighted by Crippen LogP contribution is 2.18. The molecule has 0 saturated heterocycles. The molecule has 0 aliphatic carbocycles. The molecular weight excluding hydrogens is 226 g/mol. The Kier molecular flexibility index (Phi) is 2.43. The van der Waals surface area contributed by atoms with Crippen molar-refractivity contribution in [3.63, 3.8) is 0 Å². The summed E-state index contributed by atoms with van der Waals surface area (Å²) in [4.78, 5) is 0. The van der Waals surface area contributed by atoms with Gasteiger partial charge < -0.3 is 12.9 Å². The van der Waals surface area contributed by atoms with Gasteiger partial charge in [0.05, 0.1) is 0 Å². The molecule has 1 heterocycles. The van der Waals surface area contributed by atoms with Gasteiger partial charge in [-0.1, -0.05) is 10.8 Å². The minimum atomic E-state index is -5.14. The van der Waals surface area contributed by atoms with E-state index in [4.69, 9.17) is 0 Å². The lowest BCUT2D eigenvalue weighted by molar-refractivity contribution is 0.503. The molecule has 0 bridgehead atoms. The Morgan fingerprint density at radius 1 is 1.31 bits per heavy atom. The fraction of sp³-hybridized carbons (Fsp3) is 0. The van der Waals surface area contributed by atoms with Crippen LogP contribution in [0.15, 0.2) is 16.3 Å². The Hall–Kier alpha value is -0.535. The maximum Gasteiger partial charge on any atom is 0.519 e. The van der Waals surface area contributed by atoms with Gasteiger partial charge in [0, 0.05) is 0 Å². The highest BCUT2D eigenvalue weighted by Gasteiger charge is 2.28. The molecule has 0 aromatic carbocycles. The van der Waals surface area contributed by atoms with E-state index in [1.807, 2.05) is 0 Å². The summed E-state index contributed by atoms with van der Waals surface area (Å²) in [5.41, 5.74) is 0. The highest BCUT2D eigenvalue weighted by atomic mass is 32.2. The summed E-state index contributed by atoms with van der Waals surface area (Å²) in [5, 5.41) is 4.64. The van der Waals surface area contributed by atoms with Crippen molar-refractivity contribution >= 4 is 33.1 Å². The van der Waals surface area contributed by atoms with E-state index in [2.05, 4.69) is 5.14 Å². The normalized spacial score (nSPS) is 13.2. The molecule has 0 aliphatic rings. The molecule has 13 heavy (non-hydrogen) atoms. The van der Waals surface area contributed by atoms with Crippen molar-refractivity contribution in [1.82, 2.24) is 0 Å². The lowest BCUT2D eigenvalue weighted by Gasteiger charge is -2.09. The number of primary sulfonamides is 1. The van der Waals surface area contributed by atoms with Crippen LogP contribution in [0.25, 0.3) is 0 Å². The van der Waals surface area contributed by atoms with Crippen molar-refractivity contribution < 1.29 is 21.4 Å². The fourth-order valence-corrected chi connectivity index (χ4v) is 2.31. The Morgan fingerprint density at radius 2 is 1.85 bits per heavy atom. The van der Waals surface area contributed by atoms with E-state index in [0.717, 1.165) is 6.07 Å². The standard InChI is InChI=1S/C4H4BF3NO2S2/c6-5(7,8)3-1-2-4(12-3)13(9,10)11/h1-2H,(H2,9,10,11)/q-1. The molecular formula is C4H4BF3NO2S2-. The van der Waals surface area contributed by atoms with Crippen LogP contribution in [-0.2, 0) is 10.0 Å². The van der Waals surface area contributed by atoms with Gasteiger partial charge in [0.2, 0.25) is 10.0 Å². The van der Waals surface area contributed by atoms with Crippen LogP contribution in [0.2, 0.25) is 0 Å². The van der Waals surface area contributed by atoms with Crippen molar-refractivity contribution in [2.75, 3.05) is 0 Å². The second-order valence-electron chi connectivity index (χ2n) is 2.28. The van der Waals surface area contributed by atoms with Crippen molar-refractivity contribution in [2.24, 2.45) is 5.14 Å². The quantitative estimate of drug-likeness (QED) is 0.749. The van der Waals surface area contributed by atoms with Crippen molar-refractivity contribution in [3.05, 3.63) is 12.1 Å². The van der Waals surface area contributed by atoms with Crippen LogP contribution in [0, 0.1) is 0 Å². The molecule has 9 heteroatoms. The van der Waals surface area contributed by atoms with Gasteiger partial charge >= 0.3 is 6.98 Å². The third kappa shape index (κ3) is 2.45. The van der Waals surface area contributed by atoms with Gasteiger partial charge in [0.1, 0.15) is 4.21 Å². The van der Waals surface area contributed by atoms with Gasteiger partial charge in [0.15, 0.2) is 0 Å². The van der Waals surface area contributed by atoms with Crippen LogP contribution in [0.1, 0.15) is 0 Å². The molecule has 3 nitrogen and oxygen atoms in total. The fourth-order valence-electron chi connectivity index (χ4n) is 0.663. The van der Waals surface area contributed by atoms with E-state index in [-0.39, 0.29) is 11.3 Å². The van der Waals surface area contributed by atoms with Crippen LogP contribution in [0.3, 0.4) is 0 Å². The van der Waals surface area contributed by atoms with Crippen LogP contribution in [0.5, 0.6) is 0 Å². The first-order valence-electron chi connectivity index (χ1n) is 3.04. The zero-order valence-electron chi connectivity index (χ0n) is 6.08. The predicted octanol–water partition coefficient (Wildman–Crippen LogP) is 0.450. The third-order valence-corrected chi connectivity index (χ3v) is 3.83. The Balaban J connectivity index is 3.16. The largest absolute Gasteiger partial charge is 0.519 e. The van der Waals surface area contributed by atoms with Crippen molar-refractivity contribution in [2.45, 2.75) is 4.21 Å². The average molecular weight is 230 g/mol. The van der Waals surface area contributed by atoms with E-state index in [1.54, 1.807) is 0 Å². The van der Waals surface area contributed by atoms with Crippen LogP contribution >= 0.6 is 11.3 Å². The van der Waals surface area contributed by atoms with Crippen LogP contribution in [0.4, 0.5) is 12.9 Å². The first kappa shape index (κ1) is 10.5. The Labute approximate surface area is 76.5 Å². The zero-order valence-corrected chi connectivity index (χ0v) is 7.71. The van der Waals surface area contributed by atoms with E-state index in [1.165, 1.54) is 0 Å². The van der Waals surface area contributed by atoms with E-state index >= 15 is 0 Å². The SMILES string of the molecule is NS(=O)(=O)c1ccc([B-](F)(F)F)s1. The second kappa shape index (κ2) is 3.00. The second-order valence-corrected chi connectivity index (χ2v) is 5.18. The first-order valence-corrected chi connectivity index (χ1v) is 5.40. The molecule has 0 unspecified atom stereocenters. The number of nitrogens with two attached hydrogens (primary N) is 1. The molecule has 74 valence electrons. The molecule has 1 aromatic heterocycles. The number of thiophene rings is 1. The van der Waals surface area contributed by atoms with Gasteiger partial charge in [-0.15, -0.1) is 0 Å². The molecule has 0 saturated carbocycles. The molecule has 2 N–H and O–H groups in total. The zero-order chi connectivity index (χ0) is 10.3. The maximum atomic E-state index is 12.0. The molecule has 0 fully saturated rings. The number of halogens is 3.